The van der Waals surface area contributed by atoms with Crippen LogP contribution in [-0.4, -0.2) is 27.2 Å². The molecule has 0 atom stereocenters. The van der Waals surface area contributed by atoms with Gasteiger partial charge in [0.15, 0.2) is 0 Å². The first kappa shape index (κ1) is 16.7. The minimum atomic E-state index is -0.347. The molecule has 8 nitrogen and oxygen atoms in total. The summed E-state index contributed by atoms with van der Waals surface area (Å²) in [5, 5.41) is 6.78. The molecule has 0 saturated carbocycles. The molecule has 0 spiro atoms. The number of fused-ring (bicyclic) bond motifs is 1. The zero-order valence-corrected chi connectivity index (χ0v) is 14.0. The van der Waals surface area contributed by atoms with Gasteiger partial charge in [0.25, 0.3) is 11.3 Å². The number of rotatable bonds is 6. The van der Waals surface area contributed by atoms with Crippen LogP contribution in [0.3, 0.4) is 0 Å². The molecule has 0 unspecified atom stereocenters. The molecular formula is C17H18N4O4. The molecule has 2 aromatic heterocycles. The maximum atomic E-state index is 12.3. The lowest BCUT2D eigenvalue weighted by molar-refractivity contribution is -0.121. The number of aromatic nitrogens is 3. The number of nitrogens with zero attached hydrogens (tertiary/aromatic N) is 3. The molecule has 0 aliphatic rings. The Hall–Kier alpha value is -3.16. The van der Waals surface area contributed by atoms with Crippen molar-refractivity contribution in [3.05, 3.63) is 52.2 Å². The average molecular weight is 342 g/mol. The van der Waals surface area contributed by atoms with E-state index in [0.29, 0.717) is 24.2 Å². The summed E-state index contributed by atoms with van der Waals surface area (Å²) in [6.07, 6.45) is 1.28. The second kappa shape index (κ2) is 7.16. The summed E-state index contributed by atoms with van der Waals surface area (Å²) in [5.74, 6) is 0.499. The molecule has 8 heteroatoms. The monoisotopic (exact) mass is 342 g/mol. The summed E-state index contributed by atoms with van der Waals surface area (Å²) in [6, 6.07) is 7.46. The molecule has 0 fully saturated rings. The van der Waals surface area contributed by atoms with E-state index in [1.54, 1.807) is 6.92 Å². The van der Waals surface area contributed by atoms with Gasteiger partial charge >= 0.3 is 0 Å². The minimum Gasteiger partial charge on any atom is -0.494 e. The summed E-state index contributed by atoms with van der Waals surface area (Å²) in [7, 11) is 0. The van der Waals surface area contributed by atoms with E-state index >= 15 is 0 Å². The molecule has 1 amide bonds. The summed E-state index contributed by atoms with van der Waals surface area (Å²) in [5.41, 5.74) is 1.22. The number of hydrogen-bond donors (Lipinski definition) is 1. The van der Waals surface area contributed by atoms with E-state index in [0.717, 1.165) is 11.3 Å². The summed E-state index contributed by atoms with van der Waals surface area (Å²) in [6.45, 7) is 4.43. The minimum absolute atomic E-state index is 0.122. The molecule has 0 bridgehead atoms. The number of nitrogens with one attached hydrogen (secondary N) is 1. The van der Waals surface area contributed by atoms with Gasteiger partial charge in [0.2, 0.25) is 5.91 Å². The fourth-order valence-corrected chi connectivity index (χ4v) is 2.40. The quantitative estimate of drug-likeness (QED) is 0.727. The maximum Gasteiger partial charge on any atom is 0.267 e. The third-order valence-electron chi connectivity index (χ3n) is 3.67. The smallest absolute Gasteiger partial charge is 0.267 e. The lowest BCUT2D eigenvalue weighted by atomic mass is 10.2. The normalized spacial score (nSPS) is 10.8. The molecule has 0 saturated heterocycles. The second-order valence-electron chi connectivity index (χ2n) is 5.48. The van der Waals surface area contributed by atoms with Crippen LogP contribution in [0.25, 0.3) is 11.1 Å². The van der Waals surface area contributed by atoms with Crippen molar-refractivity contribution < 1.29 is 14.1 Å². The highest BCUT2D eigenvalue weighted by molar-refractivity contribution is 5.77. The first-order chi connectivity index (χ1) is 12.1. The van der Waals surface area contributed by atoms with Crippen LogP contribution in [0.1, 0.15) is 18.2 Å². The highest BCUT2D eigenvalue weighted by Crippen LogP contribution is 2.12. The lowest BCUT2D eigenvalue weighted by Crippen LogP contribution is -2.32. The SMILES string of the molecule is CCOc1ccc(CNC(=O)Cn2cnc3onc(C)c3c2=O)cc1. The van der Waals surface area contributed by atoms with Gasteiger partial charge in [-0.05, 0) is 31.5 Å². The molecule has 25 heavy (non-hydrogen) atoms. The number of ether oxygens (including phenoxy) is 1. The highest BCUT2D eigenvalue weighted by Gasteiger charge is 2.13. The van der Waals surface area contributed by atoms with Gasteiger partial charge in [-0.2, -0.15) is 0 Å². The van der Waals surface area contributed by atoms with Crippen LogP contribution in [0.5, 0.6) is 5.75 Å². The second-order valence-corrected chi connectivity index (χ2v) is 5.48. The third-order valence-corrected chi connectivity index (χ3v) is 3.67. The van der Waals surface area contributed by atoms with E-state index in [1.165, 1.54) is 10.9 Å². The predicted octanol–water partition coefficient (Wildman–Crippen LogP) is 1.41. The zero-order chi connectivity index (χ0) is 17.8. The molecule has 1 aromatic carbocycles. The van der Waals surface area contributed by atoms with Crippen LogP contribution in [-0.2, 0) is 17.9 Å². The van der Waals surface area contributed by atoms with Gasteiger partial charge in [-0.25, -0.2) is 4.98 Å². The van der Waals surface area contributed by atoms with Crippen molar-refractivity contribution in [3.63, 3.8) is 0 Å². The number of hydrogen-bond acceptors (Lipinski definition) is 6. The van der Waals surface area contributed by atoms with Gasteiger partial charge in [-0.3, -0.25) is 14.2 Å². The van der Waals surface area contributed by atoms with Gasteiger partial charge in [0.05, 0.1) is 12.3 Å². The van der Waals surface area contributed by atoms with Gasteiger partial charge in [0.1, 0.15) is 24.0 Å². The van der Waals surface area contributed by atoms with Crippen LogP contribution in [0.2, 0.25) is 0 Å². The zero-order valence-electron chi connectivity index (χ0n) is 14.0. The standard InChI is InChI=1S/C17H18N4O4/c1-3-24-13-6-4-12(5-7-13)8-18-14(22)9-21-10-19-16-15(17(21)23)11(2)20-25-16/h4-7,10H,3,8-9H2,1-2H3,(H,18,22). The molecule has 2 heterocycles. The fourth-order valence-electron chi connectivity index (χ4n) is 2.40. The van der Waals surface area contributed by atoms with Crippen molar-refractivity contribution in [3.8, 4) is 5.75 Å². The molecule has 0 aliphatic carbocycles. The Labute approximate surface area is 143 Å². The molecule has 0 aliphatic heterocycles. The Bertz CT molecular complexity index is 943. The largest absolute Gasteiger partial charge is 0.494 e. The van der Waals surface area contributed by atoms with Gasteiger partial charge in [0, 0.05) is 6.54 Å². The van der Waals surface area contributed by atoms with Crippen LogP contribution < -0.4 is 15.6 Å². The molecule has 1 N–H and O–H groups in total. The molecular weight excluding hydrogens is 324 g/mol. The fraction of sp³-hybridized carbons (Fsp3) is 0.294. The van der Waals surface area contributed by atoms with Gasteiger partial charge in [-0.1, -0.05) is 17.3 Å². The van der Waals surface area contributed by atoms with Gasteiger partial charge < -0.3 is 14.6 Å². The Morgan fingerprint density at radius 3 is 2.80 bits per heavy atom. The van der Waals surface area contributed by atoms with Crippen molar-refractivity contribution >= 4 is 17.0 Å². The molecule has 3 aromatic rings. The highest BCUT2D eigenvalue weighted by atomic mass is 16.5. The average Bonchev–Trinajstić information content (AvgIpc) is 2.99. The number of amides is 1. The van der Waals surface area contributed by atoms with Crippen molar-refractivity contribution in [1.82, 2.24) is 20.0 Å². The van der Waals surface area contributed by atoms with Crippen molar-refractivity contribution in [2.45, 2.75) is 26.9 Å². The van der Waals surface area contributed by atoms with Crippen LogP contribution in [0, 0.1) is 6.92 Å². The predicted molar refractivity (Wildman–Crippen MR) is 90.3 cm³/mol. The number of carbonyl (C=O) groups is 1. The van der Waals surface area contributed by atoms with E-state index < -0.39 is 0 Å². The Balaban J connectivity index is 1.64. The lowest BCUT2D eigenvalue weighted by Gasteiger charge is -2.08. The topological polar surface area (TPSA) is 99.2 Å². The van der Waals surface area contributed by atoms with Crippen molar-refractivity contribution in [1.29, 1.82) is 0 Å². The summed E-state index contributed by atoms with van der Waals surface area (Å²) < 4.78 is 11.5. The van der Waals surface area contributed by atoms with Crippen molar-refractivity contribution in [2.75, 3.05) is 6.61 Å². The summed E-state index contributed by atoms with van der Waals surface area (Å²) >= 11 is 0. The van der Waals surface area contributed by atoms with Gasteiger partial charge in [-0.15, -0.1) is 0 Å². The molecule has 130 valence electrons. The van der Waals surface area contributed by atoms with E-state index in [9.17, 15) is 9.59 Å². The summed E-state index contributed by atoms with van der Waals surface area (Å²) in [4.78, 5) is 28.5. The Kier molecular flexibility index (Phi) is 4.78. The molecule has 3 rings (SSSR count). The van der Waals surface area contributed by atoms with E-state index in [-0.39, 0.29) is 23.7 Å². The van der Waals surface area contributed by atoms with Crippen LogP contribution >= 0.6 is 0 Å². The number of benzene rings is 1. The van der Waals surface area contributed by atoms with Crippen LogP contribution in [0.4, 0.5) is 0 Å². The number of aryl methyl sites for hydroxylation is 1. The first-order valence-electron chi connectivity index (χ1n) is 7.88. The van der Waals surface area contributed by atoms with E-state index in [1.807, 2.05) is 31.2 Å². The molecule has 0 radical (unpaired) electrons. The van der Waals surface area contributed by atoms with E-state index in [2.05, 4.69) is 15.5 Å². The maximum absolute atomic E-state index is 12.3. The Morgan fingerprint density at radius 2 is 2.08 bits per heavy atom. The number of carbonyl (C=O) groups excluding carboxylic acids is 1. The first-order valence-corrected chi connectivity index (χ1v) is 7.88. The van der Waals surface area contributed by atoms with Crippen molar-refractivity contribution in [2.24, 2.45) is 0 Å². The van der Waals surface area contributed by atoms with Crippen LogP contribution in [0.15, 0.2) is 39.9 Å². The third kappa shape index (κ3) is 3.68. The van der Waals surface area contributed by atoms with E-state index in [4.69, 9.17) is 9.26 Å². The Morgan fingerprint density at radius 1 is 1.32 bits per heavy atom.